The molecule has 0 aromatic heterocycles. The molecule has 1 heterocycles. The number of nitro benzene ring substituents is 1. The highest BCUT2D eigenvalue weighted by atomic mass is 19.1. The van der Waals surface area contributed by atoms with Crippen molar-refractivity contribution in [2.45, 2.75) is 32.7 Å². The lowest BCUT2D eigenvalue weighted by Crippen LogP contribution is -2.31. The summed E-state index contributed by atoms with van der Waals surface area (Å²) in [6.45, 7) is 5.05. The van der Waals surface area contributed by atoms with E-state index in [1.807, 2.05) is 6.92 Å². The maximum absolute atomic E-state index is 13.5. The van der Waals surface area contributed by atoms with Crippen molar-refractivity contribution in [1.29, 1.82) is 0 Å². The van der Waals surface area contributed by atoms with Gasteiger partial charge in [0, 0.05) is 19.3 Å². The number of nitrogens with one attached hydrogen (secondary N) is 1. The van der Waals surface area contributed by atoms with Gasteiger partial charge in [-0.15, -0.1) is 0 Å². The molecule has 110 valence electrons. The highest BCUT2D eigenvalue weighted by Gasteiger charge is 2.24. The summed E-state index contributed by atoms with van der Waals surface area (Å²) in [4.78, 5) is 10.5. The van der Waals surface area contributed by atoms with E-state index < -0.39 is 10.7 Å². The lowest BCUT2D eigenvalue weighted by Gasteiger charge is -2.29. The fourth-order valence-electron chi connectivity index (χ4n) is 2.52. The van der Waals surface area contributed by atoms with E-state index in [0.717, 1.165) is 32.1 Å². The second-order valence-electron chi connectivity index (χ2n) is 5.26. The van der Waals surface area contributed by atoms with Crippen LogP contribution in [0.25, 0.3) is 0 Å². The predicted molar refractivity (Wildman–Crippen MR) is 74.4 cm³/mol. The number of nitro groups is 1. The van der Waals surface area contributed by atoms with Crippen LogP contribution in [0, 0.1) is 28.8 Å². The molecule has 20 heavy (non-hydrogen) atoms. The monoisotopic (exact) mass is 282 g/mol. The first kappa shape index (κ1) is 14.7. The summed E-state index contributed by atoms with van der Waals surface area (Å²) < 4.78 is 18.8. The summed E-state index contributed by atoms with van der Waals surface area (Å²) in [6.07, 6.45) is 1.87. The van der Waals surface area contributed by atoms with E-state index in [4.69, 9.17) is 4.74 Å². The molecule has 1 N–H and O–H groups in total. The Morgan fingerprint density at radius 3 is 2.70 bits per heavy atom. The van der Waals surface area contributed by atoms with Crippen LogP contribution >= 0.6 is 0 Å². The normalized spacial score (nSPS) is 17.8. The molecule has 2 rings (SSSR count). The summed E-state index contributed by atoms with van der Waals surface area (Å²) in [5.74, 6) is -0.144. The van der Waals surface area contributed by atoms with Crippen LogP contribution in [0.5, 0.6) is 0 Å². The van der Waals surface area contributed by atoms with Crippen LogP contribution in [0.3, 0.4) is 0 Å². The summed E-state index contributed by atoms with van der Waals surface area (Å²) in [6, 6.07) is 2.57. The average Bonchev–Trinajstić information content (AvgIpc) is 2.43. The van der Waals surface area contributed by atoms with Crippen LogP contribution < -0.4 is 5.32 Å². The molecule has 5 nitrogen and oxygen atoms in total. The maximum Gasteiger partial charge on any atom is 0.295 e. The van der Waals surface area contributed by atoms with Gasteiger partial charge in [-0.05, 0) is 44.2 Å². The molecule has 1 saturated heterocycles. The summed E-state index contributed by atoms with van der Waals surface area (Å²) in [5.41, 5.74) is 0.567. The predicted octanol–water partition coefficient (Wildman–Crippen LogP) is 3.27. The first-order valence-corrected chi connectivity index (χ1v) is 6.78. The zero-order valence-corrected chi connectivity index (χ0v) is 11.7. The highest BCUT2D eigenvalue weighted by Crippen LogP contribution is 2.30. The van der Waals surface area contributed by atoms with Crippen molar-refractivity contribution < 1.29 is 14.1 Å². The van der Waals surface area contributed by atoms with Crippen molar-refractivity contribution in [3.05, 3.63) is 33.6 Å². The average molecular weight is 282 g/mol. The van der Waals surface area contributed by atoms with Crippen molar-refractivity contribution in [2.24, 2.45) is 5.92 Å². The van der Waals surface area contributed by atoms with Crippen LogP contribution in [0.15, 0.2) is 12.1 Å². The quantitative estimate of drug-likeness (QED) is 0.680. The molecule has 0 spiro atoms. The molecular weight excluding hydrogens is 263 g/mol. The van der Waals surface area contributed by atoms with Gasteiger partial charge < -0.3 is 10.1 Å². The lowest BCUT2D eigenvalue weighted by molar-refractivity contribution is -0.384. The third kappa shape index (κ3) is 3.25. The van der Waals surface area contributed by atoms with Crippen LogP contribution in [0.4, 0.5) is 15.8 Å². The Hall–Kier alpha value is -1.69. The van der Waals surface area contributed by atoms with Gasteiger partial charge in [-0.2, -0.15) is 0 Å². The molecule has 0 radical (unpaired) electrons. The van der Waals surface area contributed by atoms with Gasteiger partial charge in [-0.3, -0.25) is 10.1 Å². The van der Waals surface area contributed by atoms with E-state index in [-0.39, 0.29) is 11.7 Å². The molecule has 0 aliphatic carbocycles. The molecule has 1 atom stereocenters. The number of benzene rings is 1. The number of halogens is 1. The second kappa shape index (κ2) is 6.17. The van der Waals surface area contributed by atoms with E-state index in [9.17, 15) is 14.5 Å². The standard InChI is InChI=1S/C14H19FN2O3/c1-9-7-13(14(17(18)19)8-12(9)15)16-10(2)11-3-5-20-6-4-11/h7-8,10-11,16H,3-6H2,1-2H3. The molecule has 1 aromatic carbocycles. The molecule has 1 fully saturated rings. The van der Waals surface area contributed by atoms with Crippen molar-refractivity contribution in [3.8, 4) is 0 Å². The van der Waals surface area contributed by atoms with Crippen molar-refractivity contribution in [1.82, 2.24) is 0 Å². The van der Waals surface area contributed by atoms with Gasteiger partial charge in [0.2, 0.25) is 0 Å². The Bertz CT molecular complexity index is 501. The lowest BCUT2D eigenvalue weighted by atomic mass is 9.92. The SMILES string of the molecule is Cc1cc(NC(C)C2CCOCC2)c([N+](=O)[O-])cc1F. The largest absolute Gasteiger partial charge is 0.381 e. The molecular formula is C14H19FN2O3. The topological polar surface area (TPSA) is 64.4 Å². The van der Waals surface area contributed by atoms with Gasteiger partial charge in [-0.25, -0.2) is 4.39 Å². The molecule has 1 aliphatic heterocycles. The van der Waals surface area contributed by atoms with Gasteiger partial charge in [0.25, 0.3) is 5.69 Å². The second-order valence-corrected chi connectivity index (χ2v) is 5.26. The van der Waals surface area contributed by atoms with Crippen molar-refractivity contribution in [2.75, 3.05) is 18.5 Å². The zero-order chi connectivity index (χ0) is 14.7. The van der Waals surface area contributed by atoms with Crippen LogP contribution in [0.1, 0.15) is 25.3 Å². The minimum Gasteiger partial charge on any atom is -0.381 e. The fraction of sp³-hybridized carbons (Fsp3) is 0.571. The van der Waals surface area contributed by atoms with Gasteiger partial charge in [0.1, 0.15) is 11.5 Å². The number of rotatable bonds is 4. The third-order valence-electron chi connectivity index (χ3n) is 3.83. The number of anilines is 1. The van der Waals surface area contributed by atoms with Gasteiger partial charge in [0.15, 0.2) is 0 Å². The van der Waals surface area contributed by atoms with E-state index in [1.54, 1.807) is 6.92 Å². The van der Waals surface area contributed by atoms with Crippen LogP contribution in [-0.2, 0) is 4.74 Å². The first-order chi connectivity index (χ1) is 9.49. The molecule has 1 aromatic rings. The van der Waals surface area contributed by atoms with E-state index in [1.165, 1.54) is 6.07 Å². The summed E-state index contributed by atoms with van der Waals surface area (Å²) in [5, 5.41) is 14.2. The minimum absolute atomic E-state index is 0.0856. The summed E-state index contributed by atoms with van der Waals surface area (Å²) in [7, 11) is 0. The molecule has 1 unspecified atom stereocenters. The van der Waals surface area contributed by atoms with E-state index in [0.29, 0.717) is 17.2 Å². The molecule has 6 heteroatoms. The number of nitrogens with zero attached hydrogens (tertiary/aromatic N) is 1. The third-order valence-corrected chi connectivity index (χ3v) is 3.83. The Labute approximate surface area is 117 Å². The van der Waals surface area contributed by atoms with E-state index in [2.05, 4.69) is 5.32 Å². The molecule has 0 bridgehead atoms. The molecule has 0 amide bonds. The van der Waals surface area contributed by atoms with Crippen LogP contribution in [-0.4, -0.2) is 24.2 Å². The van der Waals surface area contributed by atoms with Crippen LogP contribution in [0.2, 0.25) is 0 Å². The smallest absolute Gasteiger partial charge is 0.295 e. The summed E-state index contributed by atoms with van der Waals surface area (Å²) >= 11 is 0. The Kier molecular flexibility index (Phi) is 4.54. The molecule has 0 saturated carbocycles. The van der Waals surface area contributed by atoms with E-state index >= 15 is 0 Å². The maximum atomic E-state index is 13.5. The fourth-order valence-corrected chi connectivity index (χ4v) is 2.52. The number of hydrogen-bond donors (Lipinski definition) is 1. The Morgan fingerprint density at radius 1 is 1.45 bits per heavy atom. The zero-order valence-electron chi connectivity index (χ0n) is 11.7. The van der Waals surface area contributed by atoms with Crippen molar-refractivity contribution in [3.63, 3.8) is 0 Å². The highest BCUT2D eigenvalue weighted by molar-refractivity contribution is 5.63. The number of hydrogen-bond acceptors (Lipinski definition) is 4. The van der Waals surface area contributed by atoms with Gasteiger partial charge in [0.05, 0.1) is 11.0 Å². The number of ether oxygens (including phenoxy) is 1. The molecule has 1 aliphatic rings. The Morgan fingerprint density at radius 2 is 2.10 bits per heavy atom. The first-order valence-electron chi connectivity index (χ1n) is 6.78. The minimum atomic E-state index is -0.555. The Balaban J connectivity index is 2.19. The van der Waals surface area contributed by atoms with Gasteiger partial charge in [-0.1, -0.05) is 0 Å². The van der Waals surface area contributed by atoms with Gasteiger partial charge >= 0.3 is 0 Å². The number of aryl methyl sites for hydroxylation is 1. The van der Waals surface area contributed by atoms with Crippen molar-refractivity contribution >= 4 is 11.4 Å².